The lowest BCUT2D eigenvalue weighted by Gasteiger charge is -2.16. The molecule has 0 aromatic heterocycles. The van der Waals surface area contributed by atoms with Crippen LogP contribution < -0.4 is 5.73 Å². The van der Waals surface area contributed by atoms with Crippen LogP contribution >= 0.6 is 15.9 Å². The smallest absolute Gasteiger partial charge is 0.372 e. The topological polar surface area (TPSA) is 35.2 Å². The molecule has 1 aromatic carbocycles. The summed E-state index contributed by atoms with van der Waals surface area (Å²) in [5.41, 5.74) is 6.75. The van der Waals surface area contributed by atoms with Crippen LogP contribution in [0.1, 0.15) is 12.0 Å². The van der Waals surface area contributed by atoms with Gasteiger partial charge >= 0.3 is 6.18 Å². The van der Waals surface area contributed by atoms with Crippen LogP contribution in [0.5, 0.6) is 0 Å². The zero-order valence-corrected chi connectivity index (χ0v) is 12.0. The van der Waals surface area contributed by atoms with Gasteiger partial charge in [0.25, 0.3) is 0 Å². The van der Waals surface area contributed by atoms with E-state index in [1.54, 1.807) is 0 Å². The second-order valence-corrected chi connectivity index (χ2v) is 5.21. The Kier molecular flexibility index (Phi) is 6.82. The van der Waals surface area contributed by atoms with E-state index in [0.29, 0.717) is 13.0 Å². The minimum Gasteiger partial charge on any atom is -0.372 e. The van der Waals surface area contributed by atoms with Crippen molar-refractivity contribution < 1.29 is 17.9 Å². The Morgan fingerprint density at radius 2 is 1.95 bits per heavy atom. The van der Waals surface area contributed by atoms with Crippen molar-refractivity contribution in [3.8, 4) is 0 Å². The number of hydrogen-bond donors (Lipinski definition) is 1. The first-order valence-electron chi connectivity index (χ1n) is 6.00. The third kappa shape index (κ3) is 6.94. The highest BCUT2D eigenvalue weighted by atomic mass is 79.9. The number of nitrogens with two attached hydrogens (primary N) is 1. The van der Waals surface area contributed by atoms with E-state index < -0.39 is 12.8 Å². The molecule has 2 N–H and O–H groups in total. The molecule has 0 radical (unpaired) electrons. The molecule has 108 valence electrons. The fraction of sp³-hybridized carbons (Fsp3) is 0.538. The van der Waals surface area contributed by atoms with E-state index in [2.05, 4.69) is 20.7 Å². The molecule has 0 heterocycles. The molecule has 0 saturated carbocycles. The Balaban J connectivity index is 2.36. The third-order valence-corrected chi connectivity index (χ3v) is 3.51. The predicted molar refractivity (Wildman–Crippen MR) is 71.9 cm³/mol. The maximum Gasteiger partial charge on any atom is 0.411 e. The number of halogens is 4. The molecule has 0 aliphatic carbocycles. The predicted octanol–water partition coefficient (Wildman–Crippen LogP) is 3.54. The van der Waals surface area contributed by atoms with Gasteiger partial charge in [0, 0.05) is 11.1 Å². The summed E-state index contributed by atoms with van der Waals surface area (Å²) in [5.74, 6) is 0.118. The monoisotopic (exact) mass is 339 g/mol. The summed E-state index contributed by atoms with van der Waals surface area (Å²) in [6, 6.07) is 7.75. The van der Waals surface area contributed by atoms with E-state index >= 15 is 0 Å². The Labute approximate surface area is 119 Å². The summed E-state index contributed by atoms with van der Waals surface area (Å²) in [7, 11) is 0. The minimum atomic E-state index is -4.26. The van der Waals surface area contributed by atoms with E-state index in [4.69, 9.17) is 5.73 Å². The first-order valence-corrected chi connectivity index (χ1v) is 6.79. The van der Waals surface area contributed by atoms with Crippen molar-refractivity contribution in [3.05, 3.63) is 34.3 Å². The highest BCUT2D eigenvalue weighted by Crippen LogP contribution is 2.21. The molecule has 0 saturated heterocycles. The van der Waals surface area contributed by atoms with Crippen LogP contribution in [-0.2, 0) is 11.2 Å². The van der Waals surface area contributed by atoms with Crippen molar-refractivity contribution in [2.75, 3.05) is 19.8 Å². The molecule has 1 atom stereocenters. The van der Waals surface area contributed by atoms with Crippen LogP contribution in [0.25, 0.3) is 0 Å². The molecule has 1 rings (SSSR count). The lowest BCUT2D eigenvalue weighted by atomic mass is 9.97. The van der Waals surface area contributed by atoms with E-state index in [1.807, 2.05) is 24.3 Å². The Bertz CT molecular complexity index is 384. The molecular weight excluding hydrogens is 323 g/mol. The minimum absolute atomic E-state index is 0.0752. The molecule has 1 unspecified atom stereocenters. The molecule has 6 heteroatoms. The van der Waals surface area contributed by atoms with Crippen LogP contribution in [0.3, 0.4) is 0 Å². The molecule has 0 fully saturated rings. The van der Waals surface area contributed by atoms with Crippen LogP contribution in [-0.4, -0.2) is 25.9 Å². The van der Waals surface area contributed by atoms with Gasteiger partial charge in [0.15, 0.2) is 0 Å². The van der Waals surface area contributed by atoms with Crippen molar-refractivity contribution in [1.29, 1.82) is 0 Å². The van der Waals surface area contributed by atoms with Crippen LogP contribution in [0, 0.1) is 5.92 Å². The molecule has 1 aromatic rings. The van der Waals surface area contributed by atoms with Gasteiger partial charge in [-0.2, -0.15) is 13.2 Å². The highest BCUT2D eigenvalue weighted by molar-refractivity contribution is 9.10. The lowest BCUT2D eigenvalue weighted by Crippen LogP contribution is -2.22. The molecule has 0 aliphatic heterocycles. The van der Waals surface area contributed by atoms with E-state index in [0.717, 1.165) is 16.5 Å². The first-order chi connectivity index (χ1) is 8.92. The summed E-state index contributed by atoms with van der Waals surface area (Å²) < 4.78 is 41.3. The first kappa shape index (κ1) is 16.5. The van der Waals surface area contributed by atoms with Gasteiger partial charge in [-0.15, -0.1) is 0 Å². The zero-order valence-electron chi connectivity index (χ0n) is 10.4. The van der Waals surface area contributed by atoms with Crippen LogP contribution in [0.2, 0.25) is 0 Å². The Morgan fingerprint density at radius 3 is 2.53 bits per heavy atom. The average molecular weight is 340 g/mol. The maximum atomic E-state index is 11.9. The molecule has 2 nitrogen and oxygen atoms in total. The van der Waals surface area contributed by atoms with E-state index in [-0.39, 0.29) is 12.5 Å². The standard InChI is InChI=1S/C13H17BrF3NO/c14-12-4-2-1-3-11(12)7-10(8-18)5-6-19-9-13(15,16)17/h1-4,10H,5-9,18H2. The Morgan fingerprint density at radius 1 is 1.26 bits per heavy atom. The number of ether oxygens (including phenoxy) is 1. The van der Waals surface area contributed by atoms with Gasteiger partial charge in [-0.05, 0) is 36.9 Å². The van der Waals surface area contributed by atoms with Crippen molar-refractivity contribution in [3.63, 3.8) is 0 Å². The normalized spacial score (nSPS) is 13.5. The molecule has 0 bridgehead atoms. The largest absolute Gasteiger partial charge is 0.411 e. The number of hydrogen-bond acceptors (Lipinski definition) is 2. The molecule has 19 heavy (non-hydrogen) atoms. The second kappa shape index (κ2) is 7.87. The van der Waals surface area contributed by atoms with Gasteiger partial charge in [0.05, 0.1) is 0 Å². The van der Waals surface area contributed by atoms with Gasteiger partial charge in [0.1, 0.15) is 6.61 Å². The fourth-order valence-electron chi connectivity index (χ4n) is 1.72. The van der Waals surface area contributed by atoms with Crippen molar-refractivity contribution >= 4 is 15.9 Å². The number of alkyl halides is 3. The third-order valence-electron chi connectivity index (χ3n) is 2.74. The van der Waals surface area contributed by atoms with Gasteiger partial charge in [0.2, 0.25) is 0 Å². The summed E-state index contributed by atoms with van der Waals surface area (Å²) in [6.07, 6.45) is -3.01. The molecular formula is C13H17BrF3NO. The van der Waals surface area contributed by atoms with Gasteiger partial charge in [-0.3, -0.25) is 0 Å². The summed E-state index contributed by atoms with van der Waals surface area (Å²) in [5, 5.41) is 0. The van der Waals surface area contributed by atoms with Crippen molar-refractivity contribution in [1.82, 2.24) is 0 Å². The molecule has 0 aliphatic rings. The summed E-state index contributed by atoms with van der Waals surface area (Å²) >= 11 is 3.44. The van der Waals surface area contributed by atoms with E-state index in [9.17, 15) is 13.2 Å². The zero-order chi connectivity index (χ0) is 14.3. The summed E-state index contributed by atoms with van der Waals surface area (Å²) in [4.78, 5) is 0. The van der Waals surface area contributed by atoms with Crippen molar-refractivity contribution in [2.24, 2.45) is 11.7 Å². The lowest BCUT2D eigenvalue weighted by molar-refractivity contribution is -0.174. The fourth-order valence-corrected chi connectivity index (χ4v) is 2.16. The average Bonchev–Trinajstić information content (AvgIpc) is 2.34. The van der Waals surface area contributed by atoms with Crippen LogP contribution in [0.4, 0.5) is 13.2 Å². The number of benzene rings is 1. The SMILES string of the molecule is NCC(CCOCC(F)(F)F)Cc1ccccc1Br. The van der Waals surface area contributed by atoms with Crippen molar-refractivity contribution in [2.45, 2.75) is 19.0 Å². The molecule has 0 spiro atoms. The molecule has 0 amide bonds. The maximum absolute atomic E-state index is 11.9. The van der Waals surface area contributed by atoms with Crippen LogP contribution in [0.15, 0.2) is 28.7 Å². The van der Waals surface area contributed by atoms with E-state index in [1.165, 1.54) is 0 Å². The van der Waals surface area contributed by atoms with Gasteiger partial charge in [-0.1, -0.05) is 34.1 Å². The summed E-state index contributed by atoms with van der Waals surface area (Å²) in [6.45, 7) is -0.693. The second-order valence-electron chi connectivity index (χ2n) is 4.35. The number of rotatable bonds is 7. The van der Waals surface area contributed by atoms with Gasteiger partial charge < -0.3 is 10.5 Å². The van der Waals surface area contributed by atoms with Gasteiger partial charge in [-0.25, -0.2) is 0 Å². The highest BCUT2D eigenvalue weighted by Gasteiger charge is 2.27. The Hall–Kier alpha value is -0.590. The quantitative estimate of drug-likeness (QED) is 0.771.